The molecule has 7 nitrogen and oxygen atoms in total. The molecular formula is C15H10Cl2N4O3. The molecule has 9 heteroatoms. The van der Waals surface area contributed by atoms with Crippen LogP contribution in [0.25, 0.3) is 5.69 Å². The zero-order chi connectivity index (χ0) is 17.3. The first-order chi connectivity index (χ1) is 11.4. The molecule has 0 fully saturated rings. The van der Waals surface area contributed by atoms with Crippen molar-refractivity contribution in [1.82, 2.24) is 9.78 Å². The van der Waals surface area contributed by atoms with E-state index in [1.165, 1.54) is 28.9 Å². The number of nitrogens with zero attached hydrogens (tertiary/aromatic N) is 2. The number of nitro groups is 1. The number of non-ortho nitro benzene ring substituents is 1. The molecule has 0 amide bonds. The largest absolute Gasteiger partial charge is 0.339 e. The number of benzene rings is 2. The summed E-state index contributed by atoms with van der Waals surface area (Å²) in [4.78, 5) is 22.4. The van der Waals surface area contributed by atoms with Gasteiger partial charge in [-0.05, 0) is 24.3 Å². The van der Waals surface area contributed by atoms with Crippen molar-refractivity contribution >= 4 is 40.4 Å². The van der Waals surface area contributed by atoms with Crippen LogP contribution in [0.1, 0.15) is 0 Å². The van der Waals surface area contributed by atoms with Crippen molar-refractivity contribution in [3.63, 3.8) is 0 Å². The number of halogens is 2. The summed E-state index contributed by atoms with van der Waals surface area (Å²) in [5.41, 5.74) is 0.441. The van der Waals surface area contributed by atoms with E-state index in [0.29, 0.717) is 22.2 Å². The number of rotatable bonds is 4. The maximum Gasteiger partial charge on any atom is 0.273 e. The number of nitro benzene ring substituents is 1. The molecule has 24 heavy (non-hydrogen) atoms. The molecule has 3 rings (SSSR count). The number of anilines is 2. The molecule has 2 N–H and O–H groups in total. The smallest absolute Gasteiger partial charge is 0.273 e. The van der Waals surface area contributed by atoms with Crippen molar-refractivity contribution in [2.75, 3.05) is 5.32 Å². The van der Waals surface area contributed by atoms with Crippen LogP contribution in [0.15, 0.2) is 53.3 Å². The van der Waals surface area contributed by atoms with Gasteiger partial charge in [-0.2, -0.15) is 0 Å². The summed E-state index contributed by atoms with van der Waals surface area (Å²) >= 11 is 12.0. The average molecular weight is 365 g/mol. The monoisotopic (exact) mass is 364 g/mol. The minimum Gasteiger partial charge on any atom is -0.339 e. The summed E-state index contributed by atoms with van der Waals surface area (Å²) in [5.74, 6) is 0.336. The van der Waals surface area contributed by atoms with Gasteiger partial charge in [0.15, 0.2) is 0 Å². The van der Waals surface area contributed by atoms with E-state index in [9.17, 15) is 14.9 Å². The molecule has 2 aromatic carbocycles. The van der Waals surface area contributed by atoms with E-state index in [4.69, 9.17) is 23.2 Å². The van der Waals surface area contributed by atoms with Crippen molar-refractivity contribution in [3.05, 3.63) is 79.0 Å². The van der Waals surface area contributed by atoms with E-state index >= 15 is 0 Å². The molecule has 1 heterocycles. The molecule has 0 atom stereocenters. The van der Waals surface area contributed by atoms with Gasteiger partial charge < -0.3 is 5.32 Å². The van der Waals surface area contributed by atoms with Crippen LogP contribution in [0.2, 0.25) is 10.0 Å². The molecule has 0 radical (unpaired) electrons. The van der Waals surface area contributed by atoms with Gasteiger partial charge in [-0.15, -0.1) is 0 Å². The zero-order valence-electron chi connectivity index (χ0n) is 12.0. The highest BCUT2D eigenvalue weighted by Gasteiger charge is 2.12. The van der Waals surface area contributed by atoms with Crippen molar-refractivity contribution < 1.29 is 4.92 Å². The fraction of sp³-hybridized carbons (Fsp3) is 0. The lowest BCUT2D eigenvalue weighted by Gasteiger charge is -2.06. The number of nitrogens with one attached hydrogen (secondary N) is 2. The van der Waals surface area contributed by atoms with Gasteiger partial charge in [-0.1, -0.05) is 29.3 Å². The average Bonchev–Trinajstić information content (AvgIpc) is 2.90. The summed E-state index contributed by atoms with van der Waals surface area (Å²) in [6, 6.07) is 12.1. The van der Waals surface area contributed by atoms with Gasteiger partial charge in [0.1, 0.15) is 5.82 Å². The Morgan fingerprint density at radius 2 is 1.92 bits per heavy atom. The maximum atomic E-state index is 12.1. The Balaban J connectivity index is 1.95. The molecule has 122 valence electrons. The summed E-state index contributed by atoms with van der Waals surface area (Å²) < 4.78 is 1.29. The van der Waals surface area contributed by atoms with Crippen molar-refractivity contribution in [1.29, 1.82) is 0 Å². The minimum atomic E-state index is -0.526. The number of hydrogen-bond acceptors (Lipinski definition) is 4. The lowest BCUT2D eigenvalue weighted by atomic mass is 10.3. The van der Waals surface area contributed by atoms with E-state index in [0.717, 1.165) is 0 Å². The first-order valence-electron chi connectivity index (χ1n) is 6.73. The third-order valence-electron chi connectivity index (χ3n) is 3.22. The number of H-pyrrole nitrogens is 1. The SMILES string of the molecule is O=c1cc(Nc2cc([N+](=O)[O-])ccc2Cl)[nH]n1-c1cccc(Cl)c1. The highest BCUT2D eigenvalue weighted by atomic mass is 35.5. The number of hydrogen-bond donors (Lipinski definition) is 2. The summed E-state index contributed by atoms with van der Waals surface area (Å²) in [6.45, 7) is 0. The second-order valence-corrected chi connectivity index (χ2v) is 5.71. The van der Waals surface area contributed by atoms with E-state index in [1.807, 2.05) is 0 Å². The first kappa shape index (κ1) is 16.1. The van der Waals surface area contributed by atoms with E-state index < -0.39 is 4.92 Å². The minimum absolute atomic E-state index is 0.112. The van der Waals surface area contributed by atoms with Crippen LogP contribution in [0.3, 0.4) is 0 Å². The molecule has 0 saturated carbocycles. The molecule has 0 aliphatic carbocycles. The van der Waals surface area contributed by atoms with Gasteiger partial charge in [0.2, 0.25) is 0 Å². The first-order valence-corrected chi connectivity index (χ1v) is 7.48. The number of aromatic nitrogens is 2. The van der Waals surface area contributed by atoms with Crippen molar-refractivity contribution in [2.45, 2.75) is 0 Å². The van der Waals surface area contributed by atoms with Crippen LogP contribution in [-0.4, -0.2) is 14.7 Å². The second-order valence-electron chi connectivity index (χ2n) is 4.87. The highest BCUT2D eigenvalue weighted by molar-refractivity contribution is 6.33. The number of aromatic amines is 1. The Labute approximate surface area is 145 Å². The van der Waals surface area contributed by atoms with Gasteiger partial charge in [-0.25, -0.2) is 4.68 Å². The molecule has 0 unspecified atom stereocenters. The molecular weight excluding hydrogens is 355 g/mol. The molecule has 3 aromatic rings. The molecule has 0 aliphatic rings. The Bertz CT molecular complexity index is 981. The molecule has 1 aromatic heterocycles. The van der Waals surface area contributed by atoms with Crippen LogP contribution >= 0.6 is 23.2 Å². The fourth-order valence-corrected chi connectivity index (χ4v) is 2.48. The Morgan fingerprint density at radius 1 is 1.12 bits per heavy atom. The van der Waals surface area contributed by atoms with Crippen molar-refractivity contribution in [2.24, 2.45) is 0 Å². The van der Waals surface area contributed by atoms with Crippen LogP contribution in [-0.2, 0) is 0 Å². The lowest BCUT2D eigenvalue weighted by molar-refractivity contribution is -0.384. The Morgan fingerprint density at radius 3 is 2.62 bits per heavy atom. The normalized spacial score (nSPS) is 10.6. The van der Waals surface area contributed by atoms with Gasteiger partial charge in [-0.3, -0.25) is 20.0 Å². The van der Waals surface area contributed by atoms with Crippen LogP contribution in [0.4, 0.5) is 17.2 Å². The molecule has 0 aliphatic heterocycles. The summed E-state index contributed by atoms with van der Waals surface area (Å²) in [5, 5.41) is 17.4. The lowest BCUT2D eigenvalue weighted by Crippen LogP contribution is -2.13. The molecule has 0 saturated heterocycles. The Hall–Kier alpha value is -2.77. The summed E-state index contributed by atoms with van der Waals surface area (Å²) in [7, 11) is 0. The third-order valence-corrected chi connectivity index (χ3v) is 3.78. The maximum absolute atomic E-state index is 12.1. The van der Waals surface area contributed by atoms with Gasteiger partial charge in [0.05, 0.1) is 21.3 Å². The zero-order valence-corrected chi connectivity index (χ0v) is 13.5. The molecule has 0 spiro atoms. The van der Waals surface area contributed by atoms with Crippen LogP contribution in [0.5, 0.6) is 0 Å². The summed E-state index contributed by atoms with van der Waals surface area (Å²) in [6.07, 6.45) is 0. The Kier molecular flexibility index (Phi) is 4.28. The predicted molar refractivity (Wildman–Crippen MR) is 92.8 cm³/mol. The highest BCUT2D eigenvalue weighted by Crippen LogP contribution is 2.28. The molecule has 0 bridgehead atoms. The van der Waals surface area contributed by atoms with E-state index in [2.05, 4.69) is 10.4 Å². The topological polar surface area (TPSA) is 93.0 Å². The van der Waals surface area contributed by atoms with E-state index in [1.54, 1.807) is 24.3 Å². The second kappa shape index (κ2) is 6.38. The fourth-order valence-electron chi connectivity index (χ4n) is 2.13. The van der Waals surface area contributed by atoms with Gasteiger partial charge in [0.25, 0.3) is 11.2 Å². The quantitative estimate of drug-likeness (QED) is 0.537. The van der Waals surface area contributed by atoms with Crippen LogP contribution in [0, 0.1) is 10.1 Å². The predicted octanol–water partition coefficient (Wildman–Crippen LogP) is 4.12. The standard InChI is InChI=1S/C15H10Cl2N4O3/c16-9-2-1-3-10(6-9)20-15(22)8-14(19-20)18-13-7-11(21(23)24)4-5-12(13)17/h1-8,18-19H. The van der Waals surface area contributed by atoms with Crippen molar-refractivity contribution in [3.8, 4) is 5.69 Å². The van der Waals surface area contributed by atoms with Gasteiger partial charge in [0, 0.05) is 23.2 Å². The van der Waals surface area contributed by atoms with Gasteiger partial charge >= 0.3 is 0 Å². The van der Waals surface area contributed by atoms with Crippen LogP contribution < -0.4 is 10.9 Å². The third kappa shape index (κ3) is 3.27. The van der Waals surface area contributed by atoms with E-state index in [-0.39, 0.29) is 16.3 Å².